The lowest BCUT2D eigenvalue weighted by Crippen LogP contribution is -2.16. The highest BCUT2D eigenvalue weighted by atomic mass is 79.9. The fourth-order valence-corrected chi connectivity index (χ4v) is 1.87. The maximum Gasteiger partial charge on any atom is 0.199 e. The molecule has 3 heteroatoms. The number of ether oxygens (including phenoxy) is 1. The highest BCUT2D eigenvalue weighted by Crippen LogP contribution is 2.34. The van der Waals surface area contributed by atoms with Gasteiger partial charge in [0.2, 0.25) is 0 Å². The van der Waals surface area contributed by atoms with Crippen LogP contribution in [0.4, 0.5) is 5.69 Å². The molecular formula is C11H12BrNO. The highest BCUT2D eigenvalue weighted by molar-refractivity contribution is 9.09. The first-order valence-electron chi connectivity index (χ1n) is 4.74. The summed E-state index contributed by atoms with van der Waals surface area (Å²) >= 11 is 3.36. The maximum absolute atomic E-state index is 5.71. The van der Waals surface area contributed by atoms with Gasteiger partial charge in [-0.1, -0.05) is 41.1 Å². The van der Waals surface area contributed by atoms with Gasteiger partial charge in [0.1, 0.15) is 6.10 Å². The molecule has 0 saturated carbocycles. The van der Waals surface area contributed by atoms with Gasteiger partial charge in [0, 0.05) is 5.56 Å². The van der Waals surface area contributed by atoms with Crippen molar-refractivity contribution in [2.75, 3.05) is 5.33 Å². The molecule has 0 bridgehead atoms. The third kappa shape index (κ3) is 1.69. The first-order valence-corrected chi connectivity index (χ1v) is 5.86. The Morgan fingerprint density at radius 3 is 2.93 bits per heavy atom. The summed E-state index contributed by atoms with van der Waals surface area (Å²) in [4.78, 5) is 4.41. The number of nitrogens with zero attached hydrogens (tertiary/aromatic N) is 1. The number of alkyl halides is 1. The number of para-hydroxylation sites is 1. The van der Waals surface area contributed by atoms with Gasteiger partial charge in [0.05, 0.1) is 11.0 Å². The Morgan fingerprint density at radius 1 is 1.43 bits per heavy atom. The van der Waals surface area contributed by atoms with Crippen LogP contribution in [0, 0.1) is 0 Å². The zero-order valence-corrected chi connectivity index (χ0v) is 9.62. The Morgan fingerprint density at radius 2 is 2.21 bits per heavy atom. The Labute approximate surface area is 92.1 Å². The Kier molecular flexibility index (Phi) is 2.87. The van der Waals surface area contributed by atoms with E-state index in [0.29, 0.717) is 5.33 Å². The summed E-state index contributed by atoms with van der Waals surface area (Å²) in [7, 11) is 0. The van der Waals surface area contributed by atoms with Gasteiger partial charge in [0.25, 0.3) is 0 Å². The summed E-state index contributed by atoms with van der Waals surface area (Å²) in [6, 6.07) is 8.15. The summed E-state index contributed by atoms with van der Waals surface area (Å²) in [5.41, 5.74) is 2.24. The van der Waals surface area contributed by atoms with Gasteiger partial charge < -0.3 is 4.74 Å². The van der Waals surface area contributed by atoms with E-state index >= 15 is 0 Å². The molecule has 0 aromatic heterocycles. The predicted molar refractivity (Wildman–Crippen MR) is 61.4 cm³/mol. The quantitative estimate of drug-likeness (QED) is 0.739. The minimum atomic E-state index is 0.163. The van der Waals surface area contributed by atoms with Crippen molar-refractivity contribution in [3.63, 3.8) is 0 Å². The second-order valence-corrected chi connectivity index (χ2v) is 3.77. The number of hydrogen-bond donors (Lipinski definition) is 0. The van der Waals surface area contributed by atoms with Crippen molar-refractivity contribution in [1.29, 1.82) is 0 Å². The smallest absolute Gasteiger partial charge is 0.199 e. The van der Waals surface area contributed by atoms with E-state index in [-0.39, 0.29) is 6.10 Å². The molecule has 1 aromatic rings. The van der Waals surface area contributed by atoms with E-state index in [1.54, 1.807) is 0 Å². The van der Waals surface area contributed by atoms with Gasteiger partial charge >= 0.3 is 0 Å². The lowest BCUT2D eigenvalue weighted by atomic mass is 10.0. The van der Waals surface area contributed by atoms with Crippen molar-refractivity contribution >= 4 is 27.5 Å². The van der Waals surface area contributed by atoms with Crippen LogP contribution in [0.2, 0.25) is 0 Å². The van der Waals surface area contributed by atoms with Gasteiger partial charge in [0.15, 0.2) is 5.90 Å². The summed E-state index contributed by atoms with van der Waals surface area (Å²) < 4.78 is 5.71. The second-order valence-electron chi connectivity index (χ2n) is 3.21. The lowest BCUT2D eigenvalue weighted by molar-refractivity contribution is 0.182. The molecule has 2 rings (SSSR count). The summed E-state index contributed by atoms with van der Waals surface area (Å²) in [6.45, 7) is 2.12. The van der Waals surface area contributed by atoms with Crippen LogP contribution < -0.4 is 0 Å². The molecule has 0 aliphatic carbocycles. The van der Waals surface area contributed by atoms with E-state index in [4.69, 9.17) is 4.74 Å². The van der Waals surface area contributed by atoms with Gasteiger partial charge in [-0.25, -0.2) is 4.99 Å². The molecule has 1 aromatic carbocycles. The van der Waals surface area contributed by atoms with E-state index in [9.17, 15) is 0 Å². The van der Waals surface area contributed by atoms with Crippen LogP contribution in [-0.2, 0) is 4.74 Å². The van der Waals surface area contributed by atoms with E-state index < -0.39 is 0 Å². The molecule has 0 radical (unpaired) electrons. The minimum Gasteiger partial charge on any atom is -0.472 e. The van der Waals surface area contributed by atoms with Crippen molar-refractivity contribution in [1.82, 2.24) is 0 Å². The topological polar surface area (TPSA) is 21.6 Å². The van der Waals surface area contributed by atoms with Crippen molar-refractivity contribution < 1.29 is 4.74 Å². The molecule has 0 spiro atoms. The minimum absolute atomic E-state index is 0.163. The van der Waals surface area contributed by atoms with Crippen LogP contribution in [0.5, 0.6) is 0 Å². The molecule has 14 heavy (non-hydrogen) atoms. The monoisotopic (exact) mass is 253 g/mol. The molecular weight excluding hydrogens is 242 g/mol. The third-order valence-electron chi connectivity index (χ3n) is 2.29. The zero-order chi connectivity index (χ0) is 9.97. The normalized spacial score (nSPS) is 19.6. The van der Waals surface area contributed by atoms with Crippen LogP contribution in [0.25, 0.3) is 0 Å². The number of hydrogen-bond acceptors (Lipinski definition) is 2. The average Bonchev–Trinajstić information content (AvgIpc) is 2.27. The Hall–Kier alpha value is -0.830. The van der Waals surface area contributed by atoms with E-state index in [0.717, 1.165) is 18.0 Å². The average molecular weight is 254 g/mol. The highest BCUT2D eigenvalue weighted by Gasteiger charge is 2.20. The van der Waals surface area contributed by atoms with Crippen LogP contribution in [0.3, 0.4) is 0 Å². The largest absolute Gasteiger partial charge is 0.472 e. The SMILES string of the molecule is CCC1OC(CBr)=Nc2ccccc21. The molecule has 1 heterocycles. The summed E-state index contributed by atoms with van der Waals surface area (Å²) in [5, 5.41) is 0.678. The standard InChI is InChI=1S/C11H12BrNO/c1-2-10-8-5-3-4-6-9(8)13-11(7-12)14-10/h3-6,10H,2,7H2,1H3. The fraction of sp³-hybridized carbons (Fsp3) is 0.364. The van der Waals surface area contributed by atoms with E-state index in [1.807, 2.05) is 18.2 Å². The Bertz CT molecular complexity index is 362. The van der Waals surface area contributed by atoms with Gasteiger partial charge in [-0.3, -0.25) is 0 Å². The van der Waals surface area contributed by atoms with Gasteiger partial charge in [-0.05, 0) is 12.5 Å². The predicted octanol–water partition coefficient (Wildman–Crippen LogP) is 3.59. The molecule has 0 saturated heterocycles. The molecule has 1 atom stereocenters. The van der Waals surface area contributed by atoms with Crippen molar-refractivity contribution in [3.05, 3.63) is 29.8 Å². The molecule has 1 unspecified atom stereocenters. The zero-order valence-electron chi connectivity index (χ0n) is 8.03. The Balaban J connectivity index is 2.43. The van der Waals surface area contributed by atoms with Crippen LogP contribution in [-0.4, -0.2) is 11.2 Å². The third-order valence-corrected chi connectivity index (χ3v) is 2.77. The van der Waals surface area contributed by atoms with Crippen molar-refractivity contribution in [2.24, 2.45) is 4.99 Å². The second kappa shape index (κ2) is 4.13. The number of halogens is 1. The number of aliphatic imine (C=N–C) groups is 1. The number of benzene rings is 1. The number of fused-ring (bicyclic) bond motifs is 1. The lowest BCUT2D eigenvalue weighted by Gasteiger charge is -2.24. The van der Waals surface area contributed by atoms with Crippen LogP contribution >= 0.6 is 15.9 Å². The first-order chi connectivity index (χ1) is 6.85. The summed E-state index contributed by atoms with van der Waals surface area (Å²) in [6.07, 6.45) is 1.14. The molecule has 0 N–H and O–H groups in total. The fourth-order valence-electron chi connectivity index (χ4n) is 1.61. The van der Waals surface area contributed by atoms with E-state index in [2.05, 4.69) is 33.9 Å². The van der Waals surface area contributed by atoms with Gasteiger partial charge in [-0.2, -0.15) is 0 Å². The van der Waals surface area contributed by atoms with Crippen molar-refractivity contribution in [3.8, 4) is 0 Å². The molecule has 2 nitrogen and oxygen atoms in total. The van der Waals surface area contributed by atoms with Gasteiger partial charge in [-0.15, -0.1) is 0 Å². The van der Waals surface area contributed by atoms with Crippen LogP contribution in [0.1, 0.15) is 25.0 Å². The molecule has 1 aliphatic heterocycles. The molecule has 74 valence electrons. The first kappa shape index (κ1) is 9.71. The van der Waals surface area contributed by atoms with E-state index in [1.165, 1.54) is 5.56 Å². The number of rotatable bonds is 2. The maximum atomic E-state index is 5.71. The molecule has 0 fully saturated rings. The molecule has 1 aliphatic rings. The molecule has 0 amide bonds. The van der Waals surface area contributed by atoms with Crippen molar-refractivity contribution in [2.45, 2.75) is 19.4 Å². The summed E-state index contributed by atoms with van der Waals surface area (Å²) in [5.74, 6) is 0.774. The van der Waals surface area contributed by atoms with Crippen LogP contribution in [0.15, 0.2) is 29.3 Å².